The number of nitrogens with zero attached hydrogens (tertiary/aromatic N) is 2. The number of anilines is 1. The van der Waals surface area contributed by atoms with Crippen molar-refractivity contribution in [1.29, 1.82) is 5.41 Å². The summed E-state index contributed by atoms with van der Waals surface area (Å²) in [4.78, 5) is 15.6. The van der Waals surface area contributed by atoms with Crippen LogP contribution in [0.1, 0.15) is 23.6 Å². The third kappa shape index (κ3) is 4.17. The number of carbonyl (C=O) groups excluding carboxylic acids is 1. The van der Waals surface area contributed by atoms with Crippen molar-refractivity contribution in [2.45, 2.75) is 41.8 Å². The Labute approximate surface area is 212 Å². The molecule has 0 aliphatic carbocycles. The number of hydrogen-bond donors (Lipinski definition) is 2. The van der Waals surface area contributed by atoms with Crippen LogP contribution in [0.15, 0.2) is 29.2 Å². The lowest BCUT2D eigenvalue weighted by atomic mass is 9.96. The minimum absolute atomic E-state index is 0.0413. The number of alkyl halides is 6. The third-order valence-corrected chi connectivity index (χ3v) is 8.44. The maximum atomic E-state index is 13.4. The Morgan fingerprint density at radius 1 is 1.16 bits per heavy atom. The van der Waals surface area contributed by atoms with Crippen molar-refractivity contribution < 1.29 is 40.6 Å². The van der Waals surface area contributed by atoms with E-state index < -0.39 is 41.3 Å². The van der Waals surface area contributed by atoms with E-state index in [-0.39, 0.29) is 34.7 Å². The van der Waals surface area contributed by atoms with E-state index in [0.717, 1.165) is 41.3 Å². The van der Waals surface area contributed by atoms with Gasteiger partial charge in [0.05, 0.1) is 28.0 Å². The fourth-order valence-electron chi connectivity index (χ4n) is 4.94. The molecule has 37 heavy (non-hydrogen) atoms. The molecule has 7 nitrogen and oxygen atoms in total. The minimum Gasteiger partial charge on any atom is -0.489 e. The van der Waals surface area contributed by atoms with Crippen molar-refractivity contribution in [3.05, 3.63) is 40.2 Å². The number of halogens is 6. The molecule has 3 aliphatic rings. The molecule has 2 atom stereocenters. The van der Waals surface area contributed by atoms with E-state index in [2.05, 4.69) is 10.1 Å². The highest BCUT2D eigenvalue weighted by molar-refractivity contribution is 8.00. The van der Waals surface area contributed by atoms with E-state index in [1.54, 1.807) is 0 Å². The van der Waals surface area contributed by atoms with Crippen molar-refractivity contribution in [3.8, 4) is 11.5 Å². The standard InChI is InChI=1S/C22H16F6N4O3S2/c23-21(24,25)10-5-9-1-2-12(32-16(9)14(6-10)36-19(32)29)18(33)30-20-31-3-4-34-13-7-11(35-22(26,27)28)8-15(37-20)17(13)31/h5-8,12,20,29H,1-4H2,(H,30,33)/t12-,20-/m0/s1. The molecular weight excluding hydrogens is 546 g/mol. The molecule has 0 spiro atoms. The summed E-state index contributed by atoms with van der Waals surface area (Å²) < 4.78 is 89.5. The van der Waals surface area contributed by atoms with Crippen molar-refractivity contribution in [1.82, 2.24) is 9.88 Å². The molecule has 196 valence electrons. The van der Waals surface area contributed by atoms with Crippen LogP contribution < -0.4 is 24.5 Å². The fourth-order valence-corrected chi connectivity index (χ4v) is 7.24. The summed E-state index contributed by atoms with van der Waals surface area (Å²) in [6.45, 7) is 0.564. The maximum absolute atomic E-state index is 13.4. The van der Waals surface area contributed by atoms with Crippen molar-refractivity contribution in [2.24, 2.45) is 0 Å². The molecule has 3 aliphatic heterocycles. The van der Waals surface area contributed by atoms with Gasteiger partial charge in [-0.25, -0.2) is 0 Å². The quantitative estimate of drug-likeness (QED) is 0.440. The summed E-state index contributed by atoms with van der Waals surface area (Å²) in [6, 6.07) is 3.63. The van der Waals surface area contributed by atoms with E-state index >= 15 is 0 Å². The van der Waals surface area contributed by atoms with Crippen LogP contribution in [0.3, 0.4) is 0 Å². The minimum atomic E-state index is -4.87. The predicted molar refractivity (Wildman–Crippen MR) is 122 cm³/mol. The van der Waals surface area contributed by atoms with E-state index in [9.17, 15) is 31.1 Å². The number of benzene rings is 2. The molecule has 2 N–H and O–H groups in total. The zero-order valence-corrected chi connectivity index (χ0v) is 20.1. The highest BCUT2D eigenvalue weighted by atomic mass is 32.2. The smallest absolute Gasteiger partial charge is 0.489 e. The summed E-state index contributed by atoms with van der Waals surface area (Å²) in [5.74, 6) is -0.657. The van der Waals surface area contributed by atoms with E-state index in [4.69, 9.17) is 10.1 Å². The number of rotatable bonds is 3. The summed E-state index contributed by atoms with van der Waals surface area (Å²) in [6.07, 6.45) is -8.97. The first-order valence-electron chi connectivity index (χ1n) is 11.0. The topological polar surface area (TPSA) is 79.6 Å². The second kappa shape index (κ2) is 8.21. The summed E-state index contributed by atoms with van der Waals surface area (Å²) in [7, 11) is 0. The normalized spacial score (nSPS) is 20.5. The molecule has 0 unspecified atom stereocenters. The van der Waals surface area contributed by atoms with Gasteiger partial charge in [-0.2, -0.15) is 13.2 Å². The number of aromatic nitrogens is 1. The van der Waals surface area contributed by atoms with Gasteiger partial charge >= 0.3 is 12.5 Å². The Morgan fingerprint density at radius 2 is 1.95 bits per heavy atom. The Balaban J connectivity index is 1.28. The number of amides is 1. The van der Waals surface area contributed by atoms with Gasteiger partial charge in [0, 0.05) is 11.0 Å². The van der Waals surface area contributed by atoms with Crippen molar-refractivity contribution in [3.63, 3.8) is 0 Å². The number of ether oxygens (including phenoxy) is 2. The van der Waals surface area contributed by atoms with Gasteiger partial charge in [0.25, 0.3) is 0 Å². The van der Waals surface area contributed by atoms with Crippen LogP contribution in [0.2, 0.25) is 0 Å². The molecule has 0 bridgehead atoms. The SMILES string of the molecule is N=c1sc2cc(C(F)(F)F)cc3c2n1[C@H](C(=O)N[C@@H]1Sc2cc(OC(F)(F)F)cc4c2N1CCO4)CC3. The summed E-state index contributed by atoms with van der Waals surface area (Å²) >= 11 is 2.01. The lowest BCUT2D eigenvalue weighted by molar-refractivity contribution is -0.274. The highest BCUT2D eigenvalue weighted by Crippen LogP contribution is 2.52. The highest BCUT2D eigenvalue weighted by Gasteiger charge is 2.41. The number of carbonyl (C=O) groups is 1. The van der Waals surface area contributed by atoms with Gasteiger partial charge < -0.3 is 24.3 Å². The van der Waals surface area contributed by atoms with Crippen molar-refractivity contribution >= 4 is 44.9 Å². The lowest BCUT2D eigenvalue weighted by Gasteiger charge is -2.33. The lowest BCUT2D eigenvalue weighted by Crippen LogP contribution is -2.49. The third-order valence-electron chi connectivity index (χ3n) is 6.36. The van der Waals surface area contributed by atoms with Gasteiger partial charge in [-0.05, 0) is 36.6 Å². The molecule has 0 fully saturated rings. The Hall–Kier alpha value is -3.07. The van der Waals surface area contributed by atoms with Crippen LogP contribution in [-0.2, 0) is 17.4 Å². The Kier molecular flexibility index (Phi) is 5.39. The first-order valence-corrected chi connectivity index (χ1v) is 12.7. The number of nitrogens with one attached hydrogen (secondary N) is 2. The number of hydrogen-bond acceptors (Lipinski definition) is 7. The Bertz CT molecular complexity index is 1500. The van der Waals surface area contributed by atoms with E-state index in [1.807, 2.05) is 4.90 Å². The molecule has 6 rings (SSSR count). The summed E-state index contributed by atoms with van der Waals surface area (Å²) in [5, 5.41) is 11.3. The van der Waals surface area contributed by atoms with E-state index in [0.29, 0.717) is 28.2 Å². The van der Waals surface area contributed by atoms with Gasteiger partial charge in [0.1, 0.15) is 24.1 Å². The van der Waals surface area contributed by atoms with Crippen molar-refractivity contribution in [2.75, 3.05) is 18.1 Å². The maximum Gasteiger partial charge on any atom is 0.573 e. The second-order valence-electron chi connectivity index (χ2n) is 8.65. The van der Waals surface area contributed by atoms with Gasteiger partial charge in [-0.1, -0.05) is 23.1 Å². The van der Waals surface area contributed by atoms with E-state index in [1.165, 1.54) is 10.6 Å². The molecule has 0 saturated carbocycles. The van der Waals surface area contributed by atoms with Crippen LogP contribution >= 0.6 is 23.1 Å². The largest absolute Gasteiger partial charge is 0.573 e. The molecular formula is C22H16F6N4O3S2. The number of thioether (sulfide) groups is 1. The van der Waals surface area contributed by atoms with Gasteiger partial charge in [-0.3, -0.25) is 10.2 Å². The molecule has 1 amide bonds. The first kappa shape index (κ1) is 24.3. The van der Waals surface area contributed by atoms with Crippen LogP contribution in [0.4, 0.5) is 32.0 Å². The molecule has 3 aromatic rings. The average Bonchev–Trinajstić information content (AvgIpc) is 3.31. The molecule has 1 aromatic heterocycles. The molecule has 4 heterocycles. The fraction of sp³-hybridized carbons (Fsp3) is 0.364. The molecule has 0 radical (unpaired) electrons. The average molecular weight is 563 g/mol. The Morgan fingerprint density at radius 3 is 2.68 bits per heavy atom. The van der Waals surface area contributed by atoms with Gasteiger partial charge in [0.2, 0.25) is 5.91 Å². The molecule has 2 aromatic carbocycles. The van der Waals surface area contributed by atoms with Gasteiger partial charge in [0.15, 0.2) is 10.3 Å². The van der Waals surface area contributed by atoms with Crippen LogP contribution in [0, 0.1) is 5.41 Å². The summed E-state index contributed by atoms with van der Waals surface area (Å²) in [5.41, 5.74) is -0.00948. The molecule has 0 saturated heterocycles. The number of aryl methyl sites for hydroxylation is 1. The van der Waals surface area contributed by atoms with Crippen LogP contribution in [-0.4, -0.2) is 35.5 Å². The number of thiazole rings is 1. The van der Waals surface area contributed by atoms with Crippen LogP contribution in [0.5, 0.6) is 11.5 Å². The molecule has 15 heteroatoms. The first-order chi connectivity index (χ1) is 17.4. The monoisotopic (exact) mass is 562 g/mol. The zero-order chi connectivity index (χ0) is 26.3. The predicted octanol–water partition coefficient (Wildman–Crippen LogP) is 4.99. The van der Waals surface area contributed by atoms with Crippen LogP contribution in [0.25, 0.3) is 10.2 Å². The zero-order valence-electron chi connectivity index (χ0n) is 18.5. The second-order valence-corrected chi connectivity index (χ2v) is 10.8. The van der Waals surface area contributed by atoms with Gasteiger partial charge in [-0.15, -0.1) is 13.2 Å².